The number of carbonyl (C=O) groups is 3. The molecule has 7 heteroatoms. The highest BCUT2D eigenvalue weighted by molar-refractivity contribution is 6.30. The average molecular weight is 314 g/mol. The van der Waals surface area contributed by atoms with E-state index < -0.39 is 24.3 Å². The molecule has 0 saturated heterocycles. The second kappa shape index (κ2) is 8.26. The van der Waals surface area contributed by atoms with Crippen LogP contribution in [0.15, 0.2) is 24.3 Å². The van der Waals surface area contributed by atoms with Crippen molar-refractivity contribution >= 4 is 29.4 Å². The van der Waals surface area contributed by atoms with Crippen LogP contribution in [0.25, 0.3) is 0 Å². The van der Waals surface area contributed by atoms with Gasteiger partial charge in [-0.15, -0.1) is 0 Å². The fraction of sp³-hybridized carbons (Fsp3) is 0.357. The van der Waals surface area contributed by atoms with Crippen LogP contribution in [-0.2, 0) is 25.6 Å². The fourth-order valence-corrected chi connectivity index (χ4v) is 1.80. The summed E-state index contributed by atoms with van der Waals surface area (Å²) in [7, 11) is 0. The molecule has 0 fully saturated rings. The maximum atomic E-state index is 11.9. The van der Waals surface area contributed by atoms with Crippen LogP contribution in [0.1, 0.15) is 25.3 Å². The SMILES string of the molecule is CCC(Cc1ccc(Cl)cc1)C(=O)NOC(=O)CC(=O)O. The van der Waals surface area contributed by atoms with Gasteiger partial charge in [0.15, 0.2) is 0 Å². The zero-order chi connectivity index (χ0) is 15.8. The Morgan fingerprint density at radius 3 is 2.43 bits per heavy atom. The summed E-state index contributed by atoms with van der Waals surface area (Å²) in [4.78, 5) is 37.6. The molecule has 21 heavy (non-hydrogen) atoms. The van der Waals surface area contributed by atoms with Crippen LogP contribution >= 0.6 is 11.6 Å². The molecular formula is C14H16ClNO5. The summed E-state index contributed by atoms with van der Waals surface area (Å²) in [5.74, 6) is -3.19. The Labute approximate surface area is 127 Å². The molecule has 2 N–H and O–H groups in total. The first-order valence-corrected chi connectivity index (χ1v) is 6.76. The van der Waals surface area contributed by atoms with E-state index in [1.54, 1.807) is 12.1 Å². The minimum absolute atomic E-state index is 0.385. The molecule has 1 aromatic rings. The highest BCUT2D eigenvalue weighted by Gasteiger charge is 2.19. The molecule has 1 amide bonds. The smallest absolute Gasteiger partial charge is 0.343 e. The van der Waals surface area contributed by atoms with Gasteiger partial charge in [-0.25, -0.2) is 4.79 Å². The van der Waals surface area contributed by atoms with Crippen molar-refractivity contribution in [2.75, 3.05) is 0 Å². The van der Waals surface area contributed by atoms with E-state index in [4.69, 9.17) is 16.7 Å². The molecule has 0 heterocycles. The van der Waals surface area contributed by atoms with E-state index in [0.717, 1.165) is 5.56 Å². The van der Waals surface area contributed by atoms with E-state index >= 15 is 0 Å². The predicted octanol–water partition coefficient (Wildman–Crippen LogP) is 1.96. The average Bonchev–Trinajstić information content (AvgIpc) is 2.43. The number of carboxylic acids is 1. The van der Waals surface area contributed by atoms with Crippen molar-refractivity contribution < 1.29 is 24.3 Å². The lowest BCUT2D eigenvalue weighted by molar-refractivity contribution is -0.163. The first kappa shape index (κ1) is 17.0. The summed E-state index contributed by atoms with van der Waals surface area (Å²) in [6, 6.07) is 7.09. The minimum atomic E-state index is -1.32. The summed E-state index contributed by atoms with van der Waals surface area (Å²) in [6.07, 6.45) is 0.217. The molecule has 0 aliphatic carbocycles. The van der Waals surface area contributed by atoms with Crippen LogP contribution < -0.4 is 5.48 Å². The van der Waals surface area contributed by atoms with Gasteiger partial charge in [0, 0.05) is 10.9 Å². The third kappa shape index (κ3) is 6.27. The molecule has 0 radical (unpaired) electrons. The summed E-state index contributed by atoms with van der Waals surface area (Å²) in [5, 5.41) is 9.01. The number of hydroxylamine groups is 1. The zero-order valence-corrected chi connectivity index (χ0v) is 12.2. The zero-order valence-electron chi connectivity index (χ0n) is 11.5. The van der Waals surface area contributed by atoms with E-state index in [-0.39, 0.29) is 5.92 Å². The van der Waals surface area contributed by atoms with Gasteiger partial charge in [0.05, 0.1) is 0 Å². The lowest BCUT2D eigenvalue weighted by Gasteiger charge is -2.14. The molecule has 1 rings (SSSR count). The number of halogens is 1. The van der Waals surface area contributed by atoms with E-state index in [1.807, 2.05) is 24.5 Å². The molecule has 0 spiro atoms. The first-order chi connectivity index (χ1) is 9.92. The Bertz CT molecular complexity index is 515. The van der Waals surface area contributed by atoms with E-state index in [0.29, 0.717) is 17.9 Å². The molecule has 0 aliphatic rings. The molecule has 1 unspecified atom stereocenters. The lowest BCUT2D eigenvalue weighted by atomic mass is 9.96. The van der Waals surface area contributed by atoms with Gasteiger partial charge in [-0.2, -0.15) is 5.48 Å². The Morgan fingerprint density at radius 2 is 1.90 bits per heavy atom. The largest absolute Gasteiger partial charge is 0.481 e. The van der Waals surface area contributed by atoms with Crippen LogP contribution in [0.3, 0.4) is 0 Å². The third-order valence-corrected chi connectivity index (χ3v) is 3.07. The van der Waals surface area contributed by atoms with Crippen LogP contribution in [0.4, 0.5) is 0 Å². The van der Waals surface area contributed by atoms with Gasteiger partial charge in [0.2, 0.25) is 0 Å². The number of carbonyl (C=O) groups excluding carboxylic acids is 2. The number of rotatable bonds is 6. The first-order valence-electron chi connectivity index (χ1n) is 6.38. The molecule has 0 bridgehead atoms. The number of aliphatic carboxylic acids is 1. The van der Waals surface area contributed by atoms with Crippen molar-refractivity contribution in [1.29, 1.82) is 0 Å². The maximum Gasteiger partial charge on any atom is 0.343 e. The van der Waals surface area contributed by atoms with Gasteiger partial charge in [-0.3, -0.25) is 9.59 Å². The summed E-state index contributed by atoms with van der Waals surface area (Å²) >= 11 is 5.79. The van der Waals surface area contributed by atoms with E-state index in [9.17, 15) is 14.4 Å². The Kier molecular flexibility index (Phi) is 6.68. The molecule has 6 nitrogen and oxygen atoms in total. The fourth-order valence-electron chi connectivity index (χ4n) is 1.68. The Morgan fingerprint density at radius 1 is 1.29 bits per heavy atom. The topological polar surface area (TPSA) is 92.7 Å². The van der Waals surface area contributed by atoms with Crippen molar-refractivity contribution in [3.8, 4) is 0 Å². The highest BCUT2D eigenvalue weighted by atomic mass is 35.5. The van der Waals surface area contributed by atoms with Gasteiger partial charge in [0.1, 0.15) is 6.42 Å². The minimum Gasteiger partial charge on any atom is -0.481 e. The Hall–Kier alpha value is -2.08. The summed E-state index contributed by atoms with van der Waals surface area (Å²) < 4.78 is 0. The Balaban J connectivity index is 2.51. The van der Waals surface area contributed by atoms with Gasteiger partial charge in [0.25, 0.3) is 5.91 Å². The maximum absolute atomic E-state index is 11.9. The molecule has 1 aromatic carbocycles. The quantitative estimate of drug-likeness (QED) is 0.618. The van der Waals surface area contributed by atoms with Crippen LogP contribution in [0.2, 0.25) is 5.02 Å². The van der Waals surface area contributed by atoms with Gasteiger partial charge in [-0.05, 0) is 30.5 Å². The number of amides is 1. The number of hydrogen-bond donors (Lipinski definition) is 2. The van der Waals surface area contributed by atoms with Crippen molar-refractivity contribution in [3.05, 3.63) is 34.9 Å². The van der Waals surface area contributed by atoms with Crippen molar-refractivity contribution in [3.63, 3.8) is 0 Å². The monoisotopic (exact) mass is 313 g/mol. The molecule has 0 aliphatic heterocycles. The number of carboxylic acid groups (broad SMARTS) is 1. The van der Waals surface area contributed by atoms with Crippen LogP contribution in [0, 0.1) is 5.92 Å². The third-order valence-electron chi connectivity index (χ3n) is 2.82. The number of nitrogens with one attached hydrogen (secondary N) is 1. The normalized spacial score (nSPS) is 11.5. The number of hydrogen-bond acceptors (Lipinski definition) is 4. The number of benzene rings is 1. The standard InChI is InChI=1S/C14H16ClNO5/c1-2-10(7-9-3-5-11(15)6-4-9)14(20)16-21-13(19)8-12(17)18/h3-6,10H,2,7-8H2,1H3,(H,16,20)(H,17,18). The molecule has 0 saturated carbocycles. The van der Waals surface area contributed by atoms with Gasteiger partial charge in [-0.1, -0.05) is 30.7 Å². The van der Waals surface area contributed by atoms with Crippen molar-refractivity contribution in [1.82, 2.24) is 5.48 Å². The predicted molar refractivity (Wildman–Crippen MR) is 75.4 cm³/mol. The van der Waals surface area contributed by atoms with E-state index in [1.165, 1.54) is 0 Å². The van der Waals surface area contributed by atoms with Crippen molar-refractivity contribution in [2.24, 2.45) is 5.92 Å². The second-order valence-electron chi connectivity index (χ2n) is 4.45. The molecular weight excluding hydrogens is 298 g/mol. The lowest BCUT2D eigenvalue weighted by Crippen LogP contribution is -2.34. The summed E-state index contributed by atoms with van der Waals surface area (Å²) in [5.41, 5.74) is 2.92. The second-order valence-corrected chi connectivity index (χ2v) is 4.88. The molecule has 0 aromatic heterocycles. The van der Waals surface area contributed by atoms with E-state index in [2.05, 4.69) is 4.84 Å². The van der Waals surface area contributed by atoms with Gasteiger partial charge >= 0.3 is 11.9 Å². The van der Waals surface area contributed by atoms with Crippen molar-refractivity contribution in [2.45, 2.75) is 26.2 Å². The van der Waals surface area contributed by atoms with Crippen LogP contribution in [0.5, 0.6) is 0 Å². The molecule has 114 valence electrons. The summed E-state index contributed by atoms with van der Waals surface area (Å²) in [6.45, 7) is 1.83. The highest BCUT2D eigenvalue weighted by Crippen LogP contribution is 2.15. The molecule has 1 atom stereocenters. The van der Waals surface area contributed by atoms with Gasteiger partial charge < -0.3 is 9.94 Å². The van der Waals surface area contributed by atoms with Crippen LogP contribution in [-0.4, -0.2) is 23.0 Å².